The number of benzene rings is 3. The number of ether oxygens (including phenoxy) is 1. The zero-order chi connectivity index (χ0) is 20.9. The van der Waals surface area contributed by atoms with Crippen LogP contribution in [0.2, 0.25) is 0 Å². The van der Waals surface area contributed by atoms with E-state index in [1.54, 1.807) is 43.5 Å². The summed E-state index contributed by atoms with van der Waals surface area (Å²) in [6, 6.07) is 23.4. The topological polar surface area (TPSA) is 46.6 Å². The molecule has 0 heterocycles. The van der Waals surface area contributed by atoms with Crippen molar-refractivity contribution in [3.8, 4) is 5.75 Å². The number of aryl methyl sites for hydroxylation is 1. The number of hydrogen-bond acceptors (Lipinski definition) is 3. The molecule has 29 heavy (non-hydrogen) atoms. The minimum atomic E-state index is -3.81. The van der Waals surface area contributed by atoms with Gasteiger partial charge >= 0.3 is 0 Å². The first kappa shape index (κ1) is 21.0. The molecule has 3 aromatic carbocycles. The average molecular weight is 428 g/mol. The van der Waals surface area contributed by atoms with Gasteiger partial charge in [0.05, 0.1) is 23.6 Å². The maximum absolute atomic E-state index is 13.4. The average Bonchev–Trinajstić information content (AvgIpc) is 2.74. The van der Waals surface area contributed by atoms with Crippen molar-refractivity contribution in [1.29, 1.82) is 0 Å². The van der Waals surface area contributed by atoms with Gasteiger partial charge in [0.15, 0.2) is 0 Å². The van der Waals surface area contributed by atoms with E-state index in [1.807, 2.05) is 49.4 Å². The van der Waals surface area contributed by atoms with Gasteiger partial charge < -0.3 is 4.74 Å². The highest BCUT2D eigenvalue weighted by atomic mass is 35.5. The van der Waals surface area contributed by atoms with Crippen LogP contribution < -0.4 is 4.74 Å². The number of methoxy groups -OCH3 is 1. The van der Waals surface area contributed by atoms with E-state index in [-0.39, 0.29) is 16.5 Å². The van der Waals surface area contributed by atoms with E-state index in [0.29, 0.717) is 11.3 Å². The van der Waals surface area contributed by atoms with Gasteiger partial charge in [-0.05, 0) is 36.8 Å². The van der Waals surface area contributed by atoms with E-state index in [2.05, 4.69) is 0 Å². The number of halogens is 1. The molecule has 3 aromatic rings. The minimum Gasteiger partial charge on any atom is -0.496 e. The van der Waals surface area contributed by atoms with E-state index in [4.69, 9.17) is 16.3 Å². The Morgan fingerprint density at radius 3 is 2.24 bits per heavy atom. The Labute approximate surface area is 177 Å². The van der Waals surface area contributed by atoms with Crippen LogP contribution in [-0.4, -0.2) is 19.8 Å². The van der Waals surface area contributed by atoms with Gasteiger partial charge in [0, 0.05) is 11.8 Å². The summed E-state index contributed by atoms with van der Waals surface area (Å²) in [4.78, 5) is 0.208. The van der Waals surface area contributed by atoms with Crippen molar-refractivity contribution in [2.45, 2.75) is 18.4 Å². The fraction of sp³-hybridized carbons (Fsp3) is 0.130. The van der Waals surface area contributed by atoms with E-state index >= 15 is 0 Å². The highest BCUT2D eigenvalue weighted by Gasteiger charge is 2.23. The van der Waals surface area contributed by atoms with Gasteiger partial charge in [-0.15, -0.1) is 0 Å². The Morgan fingerprint density at radius 1 is 0.966 bits per heavy atom. The lowest BCUT2D eigenvalue weighted by Gasteiger charge is -2.22. The highest BCUT2D eigenvalue weighted by Crippen LogP contribution is 2.30. The summed E-state index contributed by atoms with van der Waals surface area (Å²) in [6.07, 6.45) is 1.45. The first-order valence-corrected chi connectivity index (χ1v) is 10.9. The normalized spacial score (nSPS) is 11.9. The molecule has 0 amide bonds. The first-order chi connectivity index (χ1) is 13.9. The molecule has 0 aliphatic rings. The number of hydrogen-bond donors (Lipinski definition) is 0. The van der Waals surface area contributed by atoms with Gasteiger partial charge in [-0.1, -0.05) is 71.8 Å². The van der Waals surface area contributed by atoms with E-state index < -0.39 is 10.0 Å². The fourth-order valence-corrected chi connectivity index (χ4v) is 4.49. The summed E-state index contributed by atoms with van der Waals surface area (Å²) in [6.45, 7) is 2.07. The Kier molecular flexibility index (Phi) is 6.62. The van der Waals surface area contributed by atoms with Gasteiger partial charge in [-0.3, -0.25) is 4.31 Å². The third-order valence-electron chi connectivity index (χ3n) is 4.43. The lowest BCUT2D eigenvalue weighted by molar-refractivity contribution is 0.413. The number of nitrogens with zero attached hydrogens (tertiary/aromatic N) is 1. The predicted molar refractivity (Wildman–Crippen MR) is 117 cm³/mol. The largest absolute Gasteiger partial charge is 0.496 e. The highest BCUT2D eigenvalue weighted by molar-refractivity contribution is 7.89. The molecule has 0 saturated carbocycles. The van der Waals surface area contributed by atoms with Gasteiger partial charge in [0.1, 0.15) is 5.75 Å². The zero-order valence-electron chi connectivity index (χ0n) is 16.2. The summed E-state index contributed by atoms with van der Waals surface area (Å²) >= 11 is 6.54. The van der Waals surface area contributed by atoms with Crippen LogP contribution in [0.5, 0.6) is 5.75 Å². The summed E-state index contributed by atoms with van der Waals surface area (Å²) in [5, 5.41) is 0.272. The molecule has 150 valence electrons. The number of rotatable bonds is 7. The summed E-state index contributed by atoms with van der Waals surface area (Å²) in [7, 11) is -2.26. The quantitative estimate of drug-likeness (QED) is 0.505. The van der Waals surface area contributed by atoms with Crippen molar-refractivity contribution in [1.82, 2.24) is 4.31 Å². The predicted octanol–water partition coefficient (Wildman–Crippen LogP) is 5.43. The maximum Gasteiger partial charge on any atom is 0.264 e. The molecular weight excluding hydrogens is 406 g/mol. The standard InChI is InChI=1S/C23H22ClNO3S/c1-18-12-14-20(15-13-18)29(26,27)25(16-19-8-4-3-5-9-19)17-22(24)21-10-6-7-11-23(21)28-2/h3-15,17H,16H2,1-2H3/b22-17+. The van der Waals surface area contributed by atoms with Gasteiger partial charge in [0.25, 0.3) is 10.0 Å². The molecule has 0 radical (unpaired) electrons. The van der Waals surface area contributed by atoms with Crippen molar-refractivity contribution in [2.24, 2.45) is 0 Å². The Bertz CT molecular complexity index is 1090. The molecule has 0 atom stereocenters. The SMILES string of the molecule is COc1ccccc1/C(Cl)=C\N(Cc1ccccc1)S(=O)(=O)c1ccc(C)cc1. The van der Waals surface area contributed by atoms with Crippen molar-refractivity contribution < 1.29 is 13.2 Å². The lowest BCUT2D eigenvalue weighted by atomic mass is 10.2. The van der Waals surface area contributed by atoms with Crippen LogP contribution in [0.3, 0.4) is 0 Å². The molecule has 3 rings (SSSR count). The van der Waals surface area contributed by atoms with E-state index in [1.165, 1.54) is 10.5 Å². The molecule has 0 N–H and O–H groups in total. The maximum atomic E-state index is 13.4. The van der Waals surface area contributed by atoms with Crippen LogP contribution in [-0.2, 0) is 16.6 Å². The zero-order valence-corrected chi connectivity index (χ0v) is 17.8. The smallest absolute Gasteiger partial charge is 0.264 e. The fourth-order valence-electron chi connectivity index (χ4n) is 2.85. The molecule has 0 bridgehead atoms. The van der Waals surface area contributed by atoms with Crippen LogP contribution in [0.4, 0.5) is 0 Å². The van der Waals surface area contributed by atoms with Crippen LogP contribution in [0.1, 0.15) is 16.7 Å². The van der Waals surface area contributed by atoms with Crippen LogP contribution in [0.25, 0.3) is 5.03 Å². The lowest BCUT2D eigenvalue weighted by Crippen LogP contribution is -2.26. The third kappa shape index (κ3) is 5.00. The van der Waals surface area contributed by atoms with Gasteiger partial charge in [-0.2, -0.15) is 0 Å². The molecule has 0 saturated heterocycles. The molecule has 6 heteroatoms. The van der Waals surface area contributed by atoms with Crippen molar-refractivity contribution >= 4 is 26.7 Å². The molecule has 0 aliphatic heterocycles. The number of sulfonamides is 1. The minimum absolute atomic E-state index is 0.155. The second-order valence-electron chi connectivity index (χ2n) is 6.53. The van der Waals surface area contributed by atoms with Gasteiger partial charge in [-0.25, -0.2) is 8.42 Å². The second kappa shape index (κ2) is 9.16. The van der Waals surface area contributed by atoms with Crippen molar-refractivity contribution in [3.05, 3.63) is 102 Å². The van der Waals surface area contributed by atoms with Crippen LogP contribution in [0.15, 0.2) is 90.0 Å². The second-order valence-corrected chi connectivity index (χ2v) is 8.82. The molecule has 4 nitrogen and oxygen atoms in total. The first-order valence-electron chi connectivity index (χ1n) is 9.05. The molecule has 0 spiro atoms. The van der Waals surface area contributed by atoms with E-state index in [9.17, 15) is 8.42 Å². The molecule has 0 aromatic heterocycles. The number of para-hydroxylation sites is 1. The van der Waals surface area contributed by atoms with Crippen LogP contribution in [0, 0.1) is 6.92 Å². The Balaban J connectivity index is 2.06. The molecule has 0 fully saturated rings. The van der Waals surface area contributed by atoms with Gasteiger partial charge in [0.2, 0.25) is 0 Å². The van der Waals surface area contributed by atoms with E-state index in [0.717, 1.165) is 11.1 Å². The van der Waals surface area contributed by atoms with Crippen LogP contribution >= 0.6 is 11.6 Å². The Morgan fingerprint density at radius 2 is 1.59 bits per heavy atom. The summed E-state index contributed by atoms with van der Waals surface area (Å²) in [5.74, 6) is 0.571. The van der Waals surface area contributed by atoms with Crippen molar-refractivity contribution in [2.75, 3.05) is 7.11 Å². The Hall–Kier alpha value is -2.76. The van der Waals surface area contributed by atoms with Crippen molar-refractivity contribution in [3.63, 3.8) is 0 Å². The third-order valence-corrected chi connectivity index (χ3v) is 6.45. The molecule has 0 unspecified atom stereocenters. The molecule has 0 aliphatic carbocycles. The monoisotopic (exact) mass is 427 g/mol. The summed E-state index contributed by atoms with van der Waals surface area (Å²) in [5.41, 5.74) is 2.46. The summed E-state index contributed by atoms with van der Waals surface area (Å²) < 4.78 is 33.3. The molecular formula is C23H22ClNO3S.